The average molecular weight is 606 g/mol. The summed E-state index contributed by atoms with van der Waals surface area (Å²) < 4.78 is 71.0. The maximum absolute atomic E-state index is 12.9. The molecule has 11 nitrogen and oxygen atoms in total. The molecule has 0 radical (unpaired) electrons. The lowest BCUT2D eigenvalue weighted by molar-refractivity contribution is -0.297. The Balaban J connectivity index is 5.14. The van der Waals surface area contributed by atoms with E-state index in [1.165, 1.54) is 0 Å². The third-order valence-corrected chi connectivity index (χ3v) is 5.83. The maximum atomic E-state index is 12.9. The number of nitrogens with zero attached hydrogens (tertiary/aromatic N) is 1. The summed E-state index contributed by atoms with van der Waals surface area (Å²) in [6.45, 7) is 6.58. The maximum Gasteiger partial charge on any atom is 0.455 e. The van der Waals surface area contributed by atoms with E-state index in [0.717, 1.165) is 46.0 Å². The van der Waals surface area contributed by atoms with Crippen LogP contribution in [0, 0.1) is 5.92 Å². The van der Waals surface area contributed by atoms with E-state index >= 15 is 0 Å². The molecule has 0 aliphatic carbocycles. The molecule has 0 saturated heterocycles. The van der Waals surface area contributed by atoms with Crippen LogP contribution in [0.3, 0.4) is 0 Å². The lowest BCUT2D eigenvalue weighted by atomic mass is 10.0. The summed E-state index contributed by atoms with van der Waals surface area (Å²) in [7, 11) is 1.14. The normalized spacial score (nSPS) is 13.5. The molecule has 0 aromatic carbocycles. The molecule has 0 aliphatic heterocycles. The molecule has 0 unspecified atom stereocenters. The Morgan fingerprint density at radius 3 is 1.98 bits per heavy atom. The molecule has 240 valence electrons. The number of unbranched alkanes of at least 4 members (excludes halogenated alkanes) is 1. The van der Waals surface area contributed by atoms with Crippen LogP contribution in [0.4, 0.5) is 26.7 Å². The van der Waals surface area contributed by atoms with Crippen LogP contribution in [0.1, 0.15) is 59.8 Å². The zero-order valence-corrected chi connectivity index (χ0v) is 24.3. The lowest BCUT2D eigenvalue weighted by Gasteiger charge is -2.25. The largest absolute Gasteiger partial charge is 0.455 e. The van der Waals surface area contributed by atoms with Crippen molar-refractivity contribution in [1.29, 1.82) is 0 Å². The van der Waals surface area contributed by atoms with Crippen molar-refractivity contribution < 1.29 is 50.6 Å². The number of rotatable bonds is 20. The molecular weight excluding hydrogens is 561 g/mol. The Hall–Kier alpha value is -2.75. The van der Waals surface area contributed by atoms with Crippen LogP contribution < -0.4 is 21.3 Å². The molecule has 4 amide bonds. The first-order chi connectivity index (χ1) is 19.1. The standard InChI is InChI=1S/C25H44F5N5O6/c1-6-11-35(12-7-2)13-9-8-10-18(33-22(38)20(17(3)4)34-23(39)40-5)21(37)31-14-19(36)32-16-41-15-24(26,27)25(28,29)30/h17-18,20H,6-16H2,1-5H3,(H,31,37)(H,32,36)(H,33,38)(H,34,39)/t18-,20-/m0/s1. The highest BCUT2D eigenvalue weighted by Gasteiger charge is 2.57. The Kier molecular flexibility index (Phi) is 18.1. The first-order valence-corrected chi connectivity index (χ1v) is 13.5. The van der Waals surface area contributed by atoms with Crippen molar-refractivity contribution in [2.24, 2.45) is 5.92 Å². The van der Waals surface area contributed by atoms with Gasteiger partial charge in [0.2, 0.25) is 17.7 Å². The molecule has 0 aliphatic rings. The van der Waals surface area contributed by atoms with Crippen LogP contribution in [0.5, 0.6) is 0 Å². The Morgan fingerprint density at radius 2 is 1.46 bits per heavy atom. The molecule has 0 bridgehead atoms. The summed E-state index contributed by atoms with van der Waals surface area (Å²) in [5, 5.41) is 9.27. The number of carbonyl (C=O) groups excluding carboxylic acids is 4. The Labute approximate surface area is 237 Å². The predicted octanol–water partition coefficient (Wildman–Crippen LogP) is 2.55. The molecule has 0 saturated carbocycles. The number of hydrogen-bond acceptors (Lipinski definition) is 7. The average Bonchev–Trinajstić information content (AvgIpc) is 2.88. The molecule has 0 fully saturated rings. The zero-order valence-electron chi connectivity index (χ0n) is 24.3. The van der Waals surface area contributed by atoms with Crippen LogP contribution in [0.2, 0.25) is 0 Å². The molecule has 0 heterocycles. The van der Waals surface area contributed by atoms with Crippen molar-refractivity contribution in [2.45, 2.75) is 84.0 Å². The van der Waals surface area contributed by atoms with Crippen molar-refractivity contribution >= 4 is 23.8 Å². The van der Waals surface area contributed by atoms with Gasteiger partial charge in [0, 0.05) is 0 Å². The van der Waals surface area contributed by atoms with Crippen LogP contribution in [-0.4, -0.2) is 99.5 Å². The van der Waals surface area contributed by atoms with Gasteiger partial charge in [0.25, 0.3) is 0 Å². The number of carbonyl (C=O) groups is 4. The molecular formula is C25H44F5N5O6. The zero-order chi connectivity index (χ0) is 31.6. The van der Waals surface area contributed by atoms with Crippen molar-refractivity contribution in [1.82, 2.24) is 26.2 Å². The van der Waals surface area contributed by atoms with Gasteiger partial charge in [0.15, 0.2) is 0 Å². The number of alkyl carbamates (subject to hydrolysis) is 1. The van der Waals surface area contributed by atoms with E-state index in [1.54, 1.807) is 13.8 Å². The highest BCUT2D eigenvalue weighted by molar-refractivity contribution is 5.92. The van der Waals surface area contributed by atoms with Crippen LogP contribution in [0.25, 0.3) is 0 Å². The van der Waals surface area contributed by atoms with Gasteiger partial charge in [-0.15, -0.1) is 0 Å². The molecule has 0 spiro atoms. The van der Waals surface area contributed by atoms with Gasteiger partial charge in [-0.25, -0.2) is 4.79 Å². The molecule has 16 heteroatoms. The van der Waals surface area contributed by atoms with Crippen LogP contribution in [-0.2, 0) is 23.9 Å². The Bertz CT molecular complexity index is 810. The van der Waals surface area contributed by atoms with E-state index in [2.05, 4.69) is 44.2 Å². The van der Waals surface area contributed by atoms with Gasteiger partial charge in [0.05, 0.1) is 13.7 Å². The highest BCUT2D eigenvalue weighted by atomic mass is 19.4. The fraction of sp³-hybridized carbons (Fsp3) is 0.840. The number of methoxy groups -OCH3 is 1. The van der Waals surface area contributed by atoms with Crippen molar-refractivity contribution in [3.05, 3.63) is 0 Å². The quantitative estimate of drug-likeness (QED) is 0.0951. The highest BCUT2D eigenvalue weighted by Crippen LogP contribution is 2.35. The number of amides is 4. The fourth-order valence-electron chi connectivity index (χ4n) is 3.65. The van der Waals surface area contributed by atoms with Gasteiger partial charge in [0.1, 0.15) is 25.4 Å². The van der Waals surface area contributed by atoms with Crippen molar-refractivity contribution in [3.63, 3.8) is 0 Å². The lowest BCUT2D eigenvalue weighted by Crippen LogP contribution is -2.56. The summed E-state index contributed by atoms with van der Waals surface area (Å²) in [5.41, 5.74) is 0. The Morgan fingerprint density at radius 1 is 0.854 bits per heavy atom. The first-order valence-electron chi connectivity index (χ1n) is 13.5. The van der Waals surface area contributed by atoms with Crippen LogP contribution >= 0.6 is 0 Å². The summed E-state index contributed by atoms with van der Waals surface area (Å²) in [6.07, 6.45) is -3.16. The SMILES string of the molecule is CCCN(CCC)CCCC[C@H](NC(=O)[C@@H](NC(=O)OC)C(C)C)C(=O)NCC(=O)NCOCC(F)(F)C(F)(F)F. The second-order valence-corrected chi connectivity index (χ2v) is 9.77. The molecule has 41 heavy (non-hydrogen) atoms. The van der Waals surface area contributed by atoms with E-state index in [1.807, 2.05) is 5.32 Å². The predicted molar refractivity (Wildman–Crippen MR) is 140 cm³/mol. The van der Waals surface area contributed by atoms with E-state index in [0.29, 0.717) is 6.42 Å². The smallest absolute Gasteiger partial charge is 0.453 e. The topological polar surface area (TPSA) is 138 Å². The third kappa shape index (κ3) is 15.7. The molecule has 0 aromatic heterocycles. The minimum atomic E-state index is -5.80. The van der Waals surface area contributed by atoms with Crippen LogP contribution in [0.15, 0.2) is 0 Å². The van der Waals surface area contributed by atoms with E-state index < -0.39 is 67.9 Å². The summed E-state index contributed by atoms with van der Waals surface area (Å²) in [5.74, 6) is -7.73. The number of alkyl halides is 5. The molecule has 2 atom stereocenters. The summed E-state index contributed by atoms with van der Waals surface area (Å²) in [4.78, 5) is 51.7. The summed E-state index contributed by atoms with van der Waals surface area (Å²) in [6, 6.07) is -2.10. The van der Waals surface area contributed by atoms with Gasteiger partial charge >= 0.3 is 18.2 Å². The number of halogens is 5. The molecule has 0 aromatic rings. The second-order valence-electron chi connectivity index (χ2n) is 9.77. The monoisotopic (exact) mass is 605 g/mol. The molecule has 0 rings (SSSR count). The van der Waals surface area contributed by atoms with E-state index in [4.69, 9.17) is 0 Å². The van der Waals surface area contributed by atoms with Gasteiger partial charge in [-0.3, -0.25) is 14.4 Å². The second kappa shape index (κ2) is 19.4. The van der Waals surface area contributed by atoms with Crippen molar-refractivity contribution in [3.8, 4) is 0 Å². The van der Waals surface area contributed by atoms with E-state index in [-0.39, 0.29) is 12.3 Å². The summed E-state index contributed by atoms with van der Waals surface area (Å²) >= 11 is 0. The minimum Gasteiger partial charge on any atom is -0.453 e. The fourth-order valence-corrected chi connectivity index (χ4v) is 3.65. The first kappa shape index (κ1) is 38.2. The molecule has 4 N–H and O–H groups in total. The van der Waals surface area contributed by atoms with Crippen molar-refractivity contribution in [2.75, 3.05) is 46.6 Å². The van der Waals surface area contributed by atoms with E-state index in [9.17, 15) is 41.1 Å². The number of hydrogen-bond donors (Lipinski definition) is 4. The van der Waals surface area contributed by atoms with Gasteiger partial charge in [-0.05, 0) is 57.7 Å². The van der Waals surface area contributed by atoms with Gasteiger partial charge < -0.3 is 35.6 Å². The third-order valence-electron chi connectivity index (χ3n) is 5.83. The van der Waals surface area contributed by atoms with Gasteiger partial charge in [-0.2, -0.15) is 22.0 Å². The van der Waals surface area contributed by atoms with Gasteiger partial charge in [-0.1, -0.05) is 27.7 Å². The minimum absolute atomic E-state index is 0.212. The number of nitrogens with one attached hydrogen (secondary N) is 4. The number of ether oxygens (including phenoxy) is 2.